The summed E-state index contributed by atoms with van der Waals surface area (Å²) in [5, 5.41) is 7.90. The minimum atomic E-state index is 0.611. The molecule has 0 amide bonds. The van der Waals surface area contributed by atoms with E-state index in [0.717, 1.165) is 31.4 Å². The van der Waals surface area contributed by atoms with Crippen LogP contribution in [0.25, 0.3) is 0 Å². The fraction of sp³-hybridized carbons (Fsp3) is 0.867. The minimum absolute atomic E-state index is 0.611. The van der Waals surface area contributed by atoms with Crippen LogP contribution in [0.15, 0.2) is 6.33 Å². The van der Waals surface area contributed by atoms with Crippen molar-refractivity contribution in [1.29, 1.82) is 0 Å². The minimum Gasteiger partial charge on any atom is -0.311 e. The molecule has 1 saturated heterocycles. The second-order valence-electron chi connectivity index (χ2n) is 6.41. The molecule has 1 aromatic heterocycles. The van der Waals surface area contributed by atoms with Gasteiger partial charge < -0.3 is 5.32 Å². The molecule has 0 aliphatic carbocycles. The van der Waals surface area contributed by atoms with E-state index < -0.39 is 0 Å². The zero-order valence-electron chi connectivity index (χ0n) is 13.3. The Labute approximate surface area is 122 Å². The van der Waals surface area contributed by atoms with Gasteiger partial charge in [-0.25, -0.2) is 4.98 Å². The number of piperazine rings is 1. The van der Waals surface area contributed by atoms with Gasteiger partial charge in [0.15, 0.2) is 0 Å². The van der Waals surface area contributed by atoms with Gasteiger partial charge in [-0.05, 0) is 18.8 Å². The summed E-state index contributed by atoms with van der Waals surface area (Å²) in [6.45, 7) is 10.0. The molecule has 1 aromatic rings. The fourth-order valence-corrected chi connectivity index (χ4v) is 3.09. The van der Waals surface area contributed by atoms with Crippen molar-refractivity contribution in [2.45, 2.75) is 58.7 Å². The van der Waals surface area contributed by atoms with Gasteiger partial charge in [0, 0.05) is 32.2 Å². The lowest BCUT2D eigenvalue weighted by atomic mass is 9.97. The van der Waals surface area contributed by atoms with Gasteiger partial charge in [0.1, 0.15) is 12.2 Å². The zero-order valence-corrected chi connectivity index (χ0v) is 13.3. The second-order valence-corrected chi connectivity index (χ2v) is 6.41. The maximum atomic E-state index is 4.38. The van der Waals surface area contributed by atoms with E-state index in [1.54, 1.807) is 6.33 Å². The standard InChI is InChI=1S/C15H29N5/c1-5-6-13-9-20(10-15-17-11-18-19(15)4)14(8-16-13)7-12(2)3/h11-14,16H,5-10H2,1-4H3. The van der Waals surface area contributed by atoms with Gasteiger partial charge in [0.05, 0.1) is 6.54 Å². The van der Waals surface area contributed by atoms with E-state index in [4.69, 9.17) is 0 Å². The van der Waals surface area contributed by atoms with Crippen molar-refractivity contribution in [3.8, 4) is 0 Å². The average molecular weight is 279 g/mol. The van der Waals surface area contributed by atoms with Crippen molar-refractivity contribution < 1.29 is 0 Å². The van der Waals surface area contributed by atoms with Gasteiger partial charge in [0.2, 0.25) is 0 Å². The third kappa shape index (κ3) is 4.03. The van der Waals surface area contributed by atoms with E-state index in [9.17, 15) is 0 Å². The van der Waals surface area contributed by atoms with Gasteiger partial charge >= 0.3 is 0 Å². The second kappa shape index (κ2) is 7.18. The molecule has 5 heteroatoms. The summed E-state index contributed by atoms with van der Waals surface area (Å²) >= 11 is 0. The van der Waals surface area contributed by atoms with Gasteiger partial charge in [-0.1, -0.05) is 27.2 Å². The monoisotopic (exact) mass is 279 g/mol. The summed E-state index contributed by atoms with van der Waals surface area (Å²) < 4.78 is 1.89. The number of nitrogens with zero attached hydrogens (tertiary/aromatic N) is 4. The maximum Gasteiger partial charge on any atom is 0.140 e. The highest BCUT2D eigenvalue weighted by atomic mass is 15.3. The van der Waals surface area contributed by atoms with Crippen LogP contribution < -0.4 is 5.32 Å². The molecule has 2 rings (SSSR count). The van der Waals surface area contributed by atoms with Crippen LogP contribution in [-0.2, 0) is 13.6 Å². The molecule has 1 aliphatic heterocycles. The summed E-state index contributed by atoms with van der Waals surface area (Å²) in [4.78, 5) is 6.98. The van der Waals surface area contributed by atoms with E-state index in [0.29, 0.717) is 12.1 Å². The number of hydrogen-bond acceptors (Lipinski definition) is 4. The Morgan fingerprint density at radius 2 is 2.25 bits per heavy atom. The SMILES string of the molecule is CCCC1CN(Cc2ncnn2C)C(CC(C)C)CN1. The molecule has 2 heterocycles. The highest BCUT2D eigenvalue weighted by Crippen LogP contribution is 2.19. The Kier molecular flexibility index (Phi) is 5.54. The molecule has 2 unspecified atom stereocenters. The Hall–Kier alpha value is -0.940. The van der Waals surface area contributed by atoms with Crippen LogP contribution in [0, 0.1) is 5.92 Å². The van der Waals surface area contributed by atoms with Crippen LogP contribution in [0.4, 0.5) is 0 Å². The maximum absolute atomic E-state index is 4.38. The van der Waals surface area contributed by atoms with Crippen molar-refractivity contribution in [2.75, 3.05) is 13.1 Å². The van der Waals surface area contributed by atoms with Gasteiger partial charge in [0.25, 0.3) is 0 Å². The van der Waals surface area contributed by atoms with Crippen LogP contribution in [0.3, 0.4) is 0 Å². The molecular weight excluding hydrogens is 250 g/mol. The summed E-state index contributed by atoms with van der Waals surface area (Å²) in [5.74, 6) is 1.79. The molecule has 20 heavy (non-hydrogen) atoms. The topological polar surface area (TPSA) is 46.0 Å². The first kappa shape index (κ1) is 15.4. The Morgan fingerprint density at radius 1 is 1.45 bits per heavy atom. The van der Waals surface area contributed by atoms with Crippen molar-refractivity contribution in [1.82, 2.24) is 25.0 Å². The smallest absolute Gasteiger partial charge is 0.140 e. The van der Waals surface area contributed by atoms with Crippen molar-refractivity contribution in [2.24, 2.45) is 13.0 Å². The van der Waals surface area contributed by atoms with Crippen molar-refractivity contribution >= 4 is 0 Å². The number of aryl methyl sites for hydroxylation is 1. The van der Waals surface area contributed by atoms with Gasteiger partial charge in [-0.15, -0.1) is 0 Å². The normalized spacial score (nSPS) is 24.4. The molecular formula is C15H29N5. The summed E-state index contributed by atoms with van der Waals surface area (Å²) in [6.07, 6.45) is 5.39. The predicted molar refractivity (Wildman–Crippen MR) is 81.4 cm³/mol. The molecule has 0 saturated carbocycles. The molecule has 1 aliphatic rings. The number of aromatic nitrogens is 3. The van der Waals surface area contributed by atoms with E-state index in [1.807, 2.05) is 11.7 Å². The molecule has 0 bridgehead atoms. The third-order valence-corrected chi connectivity index (χ3v) is 4.14. The highest BCUT2D eigenvalue weighted by molar-refractivity contribution is 4.91. The van der Waals surface area contributed by atoms with E-state index in [2.05, 4.69) is 41.1 Å². The number of rotatable bonds is 6. The predicted octanol–water partition coefficient (Wildman–Crippen LogP) is 1.80. The lowest BCUT2D eigenvalue weighted by Crippen LogP contribution is -2.56. The first-order chi connectivity index (χ1) is 9.60. The molecule has 5 nitrogen and oxygen atoms in total. The van der Waals surface area contributed by atoms with Crippen LogP contribution in [0.2, 0.25) is 0 Å². The fourth-order valence-electron chi connectivity index (χ4n) is 3.09. The van der Waals surface area contributed by atoms with Crippen molar-refractivity contribution in [3.05, 3.63) is 12.2 Å². The van der Waals surface area contributed by atoms with E-state index in [-0.39, 0.29) is 0 Å². The molecule has 2 atom stereocenters. The van der Waals surface area contributed by atoms with Gasteiger partial charge in [-0.2, -0.15) is 5.10 Å². The number of nitrogens with one attached hydrogen (secondary N) is 1. The zero-order chi connectivity index (χ0) is 14.5. The molecule has 114 valence electrons. The summed E-state index contributed by atoms with van der Waals surface area (Å²) in [7, 11) is 1.98. The number of hydrogen-bond donors (Lipinski definition) is 1. The molecule has 0 radical (unpaired) electrons. The lowest BCUT2D eigenvalue weighted by Gasteiger charge is -2.41. The first-order valence-corrected chi connectivity index (χ1v) is 7.90. The van der Waals surface area contributed by atoms with Crippen LogP contribution in [0.5, 0.6) is 0 Å². The van der Waals surface area contributed by atoms with Crippen LogP contribution in [-0.4, -0.2) is 44.8 Å². The molecule has 0 spiro atoms. The largest absolute Gasteiger partial charge is 0.311 e. The quantitative estimate of drug-likeness (QED) is 0.862. The van der Waals surface area contributed by atoms with Crippen molar-refractivity contribution in [3.63, 3.8) is 0 Å². The van der Waals surface area contributed by atoms with E-state index in [1.165, 1.54) is 19.3 Å². The van der Waals surface area contributed by atoms with Gasteiger partial charge in [-0.3, -0.25) is 9.58 Å². The summed E-state index contributed by atoms with van der Waals surface area (Å²) in [6, 6.07) is 1.23. The average Bonchev–Trinajstić information content (AvgIpc) is 2.78. The Balaban J connectivity index is 2.03. The highest BCUT2D eigenvalue weighted by Gasteiger charge is 2.28. The Morgan fingerprint density at radius 3 is 2.85 bits per heavy atom. The van der Waals surface area contributed by atoms with Crippen LogP contribution in [0.1, 0.15) is 45.9 Å². The molecule has 1 N–H and O–H groups in total. The summed E-state index contributed by atoms with van der Waals surface area (Å²) in [5.41, 5.74) is 0. The molecule has 1 fully saturated rings. The third-order valence-electron chi connectivity index (χ3n) is 4.14. The van der Waals surface area contributed by atoms with Crippen LogP contribution >= 0.6 is 0 Å². The molecule has 0 aromatic carbocycles. The van der Waals surface area contributed by atoms with E-state index >= 15 is 0 Å². The lowest BCUT2D eigenvalue weighted by molar-refractivity contribution is 0.0995. The Bertz CT molecular complexity index is 401. The first-order valence-electron chi connectivity index (χ1n) is 7.90.